The number of aromatic nitrogens is 3. The van der Waals surface area contributed by atoms with Gasteiger partial charge in [0.05, 0.1) is 11.9 Å². The van der Waals surface area contributed by atoms with Crippen molar-refractivity contribution in [1.82, 2.24) is 15.0 Å². The van der Waals surface area contributed by atoms with Gasteiger partial charge in [-0.2, -0.15) is 13.2 Å². The summed E-state index contributed by atoms with van der Waals surface area (Å²) in [5.41, 5.74) is -1.06. The Morgan fingerprint density at radius 1 is 1.31 bits per heavy atom. The van der Waals surface area contributed by atoms with E-state index in [0.717, 1.165) is 4.68 Å². The number of halogens is 4. The molecule has 0 bridgehead atoms. The summed E-state index contributed by atoms with van der Waals surface area (Å²) < 4.78 is 39.3. The van der Waals surface area contributed by atoms with Crippen molar-refractivity contribution in [1.29, 1.82) is 0 Å². The highest BCUT2D eigenvalue weighted by Gasteiger charge is 2.40. The summed E-state index contributed by atoms with van der Waals surface area (Å²) in [6, 6.07) is -0.374. The van der Waals surface area contributed by atoms with Crippen LogP contribution in [-0.4, -0.2) is 15.0 Å². The second kappa shape index (κ2) is 4.61. The van der Waals surface area contributed by atoms with Crippen LogP contribution < -0.4 is 0 Å². The highest BCUT2D eigenvalue weighted by Crippen LogP contribution is 2.34. The molecule has 0 fully saturated rings. The van der Waals surface area contributed by atoms with E-state index in [4.69, 9.17) is 11.6 Å². The fourth-order valence-electron chi connectivity index (χ4n) is 1.28. The van der Waals surface area contributed by atoms with Crippen molar-refractivity contribution < 1.29 is 13.2 Å². The normalized spacial score (nSPS) is 14.5. The molecule has 0 saturated carbocycles. The third-order valence-corrected chi connectivity index (χ3v) is 2.76. The first-order valence-electron chi connectivity index (χ1n) is 4.86. The molecule has 1 atom stereocenters. The minimum Gasteiger partial charge on any atom is -0.237 e. The highest BCUT2D eigenvalue weighted by atomic mass is 35.5. The van der Waals surface area contributed by atoms with Crippen LogP contribution in [0.2, 0.25) is 0 Å². The fraction of sp³-hybridized carbons (Fsp3) is 0.778. The summed E-state index contributed by atoms with van der Waals surface area (Å²) in [5.74, 6) is -0.259. The van der Waals surface area contributed by atoms with Gasteiger partial charge in [-0.05, 0) is 12.8 Å². The zero-order chi connectivity index (χ0) is 12.5. The second-order valence-electron chi connectivity index (χ2n) is 3.95. The van der Waals surface area contributed by atoms with Crippen LogP contribution in [0.1, 0.15) is 38.2 Å². The average Bonchev–Trinajstić information content (AvgIpc) is 2.58. The van der Waals surface area contributed by atoms with Gasteiger partial charge in [0, 0.05) is 0 Å². The van der Waals surface area contributed by atoms with Gasteiger partial charge in [-0.15, -0.1) is 16.7 Å². The van der Waals surface area contributed by atoms with Crippen LogP contribution in [0, 0.1) is 5.92 Å². The first kappa shape index (κ1) is 13.3. The van der Waals surface area contributed by atoms with Gasteiger partial charge in [-0.25, -0.2) is 4.68 Å². The molecule has 0 amide bonds. The molecule has 1 heterocycles. The summed E-state index contributed by atoms with van der Waals surface area (Å²) in [6.45, 7) is 5.33. The monoisotopic (exact) mass is 255 g/mol. The predicted octanol–water partition coefficient (Wildman–Crippen LogP) is 3.25. The highest BCUT2D eigenvalue weighted by molar-refractivity contribution is 6.16. The Bertz CT molecular complexity index is 359. The van der Waals surface area contributed by atoms with E-state index >= 15 is 0 Å². The molecule has 0 radical (unpaired) electrons. The largest absolute Gasteiger partial charge is 0.434 e. The van der Waals surface area contributed by atoms with Gasteiger partial charge in [0.25, 0.3) is 0 Å². The molecule has 1 rings (SSSR count). The topological polar surface area (TPSA) is 30.7 Å². The molecule has 1 unspecified atom stereocenters. The summed E-state index contributed by atoms with van der Waals surface area (Å²) >= 11 is 5.42. The van der Waals surface area contributed by atoms with Crippen LogP contribution in [-0.2, 0) is 12.1 Å². The van der Waals surface area contributed by atoms with Crippen molar-refractivity contribution in [2.24, 2.45) is 5.92 Å². The van der Waals surface area contributed by atoms with E-state index in [2.05, 4.69) is 10.3 Å². The number of hydrogen-bond acceptors (Lipinski definition) is 2. The molecule has 0 aliphatic carbocycles. The number of nitrogens with zero attached hydrogens (tertiary/aromatic N) is 3. The Balaban J connectivity index is 3.25. The summed E-state index contributed by atoms with van der Waals surface area (Å²) in [4.78, 5) is 0. The Kier molecular flexibility index (Phi) is 3.83. The van der Waals surface area contributed by atoms with Gasteiger partial charge in [0.2, 0.25) is 0 Å². The molecule has 0 aliphatic heterocycles. The van der Waals surface area contributed by atoms with Gasteiger partial charge < -0.3 is 0 Å². The Morgan fingerprint density at radius 3 is 2.25 bits per heavy atom. The van der Waals surface area contributed by atoms with E-state index in [1.54, 1.807) is 6.92 Å². The third kappa shape index (κ3) is 2.48. The third-order valence-electron chi connectivity index (χ3n) is 2.51. The number of rotatable bonds is 3. The quantitative estimate of drug-likeness (QED) is 0.776. The lowest BCUT2D eigenvalue weighted by Crippen LogP contribution is -2.21. The van der Waals surface area contributed by atoms with Crippen LogP contribution in [0.3, 0.4) is 0 Å². The summed E-state index contributed by atoms with van der Waals surface area (Å²) in [6.07, 6.45) is -4.48. The van der Waals surface area contributed by atoms with Crippen molar-refractivity contribution in [3.8, 4) is 0 Å². The second-order valence-corrected chi connectivity index (χ2v) is 4.21. The Morgan fingerprint density at radius 2 is 1.88 bits per heavy atom. The maximum absolute atomic E-state index is 12.8. The number of hydrogen-bond donors (Lipinski definition) is 0. The molecule has 16 heavy (non-hydrogen) atoms. The fourth-order valence-corrected chi connectivity index (χ4v) is 1.46. The zero-order valence-electron chi connectivity index (χ0n) is 9.22. The lowest BCUT2D eigenvalue weighted by molar-refractivity contribution is -0.145. The van der Waals surface area contributed by atoms with E-state index < -0.39 is 11.9 Å². The minimum atomic E-state index is -4.48. The molecular formula is C9H13ClF3N3. The summed E-state index contributed by atoms with van der Waals surface area (Å²) in [7, 11) is 0. The smallest absolute Gasteiger partial charge is 0.237 e. The molecule has 0 N–H and O–H groups in total. The molecule has 0 spiro atoms. The minimum absolute atomic E-state index is 0.0333. The van der Waals surface area contributed by atoms with Crippen LogP contribution in [0.5, 0.6) is 0 Å². The van der Waals surface area contributed by atoms with E-state index in [-0.39, 0.29) is 23.5 Å². The van der Waals surface area contributed by atoms with E-state index in [1.165, 1.54) is 0 Å². The molecule has 1 aromatic heterocycles. The van der Waals surface area contributed by atoms with Gasteiger partial charge >= 0.3 is 6.18 Å². The van der Waals surface area contributed by atoms with E-state index in [0.29, 0.717) is 0 Å². The van der Waals surface area contributed by atoms with Crippen LogP contribution in [0.4, 0.5) is 13.2 Å². The van der Waals surface area contributed by atoms with Crippen molar-refractivity contribution in [2.75, 3.05) is 0 Å². The lowest BCUT2D eigenvalue weighted by atomic mass is 10.1. The molecule has 1 aromatic rings. The zero-order valence-corrected chi connectivity index (χ0v) is 9.97. The SMILES string of the molecule is CC(C)C(C)n1nnc(CCl)c1C(F)(F)F. The van der Waals surface area contributed by atoms with Gasteiger partial charge in [-0.3, -0.25) is 0 Å². The molecule has 7 heteroatoms. The standard InChI is InChI=1S/C9H13ClF3N3/c1-5(2)6(3)16-8(9(11,12)13)7(4-10)14-15-16/h5-6H,4H2,1-3H3. The average molecular weight is 256 g/mol. The molecular weight excluding hydrogens is 243 g/mol. The Labute approximate surface area is 96.6 Å². The maximum Gasteiger partial charge on any atom is 0.434 e. The predicted molar refractivity (Wildman–Crippen MR) is 54.1 cm³/mol. The molecule has 0 aliphatic rings. The van der Waals surface area contributed by atoms with Crippen molar-refractivity contribution in [3.05, 3.63) is 11.4 Å². The van der Waals surface area contributed by atoms with Gasteiger partial charge in [-0.1, -0.05) is 19.1 Å². The first-order chi connectivity index (χ1) is 7.29. The molecule has 3 nitrogen and oxygen atoms in total. The van der Waals surface area contributed by atoms with Crippen molar-refractivity contribution in [2.45, 2.75) is 38.9 Å². The Hall–Kier alpha value is -0.780. The van der Waals surface area contributed by atoms with Crippen LogP contribution >= 0.6 is 11.6 Å². The van der Waals surface area contributed by atoms with Gasteiger partial charge in [0.15, 0.2) is 5.69 Å². The maximum atomic E-state index is 12.8. The summed E-state index contributed by atoms with van der Waals surface area (Å²) in [5, 5.41) is 7.00. The van der Waals surface area contributed by atoms with Crippen molar-refractivity contribution in [3.63, 3.8) is 0 Å². The first-order valence-corrected chi connectivity index (χ1v) is 5.39. The van der Waals surface area contributed by atoms with Crippen LogP contribution in [0.25, 0.3) is 0 Å². The van der Waals surface area contributed by atoms with Crippen molar-refractivity contribution >= 4 is 11.6 Å². The molecule has 92 valence electrons. The van der Waals surface area contributed by atoms with E-state index in [9.17, 15) is 13.2 Å². The molecule has 0 saturated heterocycles. The number of alkyl halides is 4. The van der Waals surface area contributed by atoms with Crippen LogP contribution in [0.15, 0.2) is 0 Å². The van der Waals surface area contributed by atoms with Gasteiger partial charge in [0.1, 0.15) is 5.69 Å². The lowest BCUT2D eigenvalue weighted by Gasteiger charge is -2.19. The van der Waals surface area contributed by atoms with E-state index in [1.807, 2.05) is 13.8 Å². The molecule has 0 aromatic carbocycles.